The Morgan fingerprint density at radius 1 is 1.00 bits per heavy atom. The molecule has 1 unspecified atom stereocenters. The molecule has 0 aliphatic heterocycles. The Bertz CT molecular complexity index is 611. The molecule has 0 bridgehead atoms. The van der Waals surface area contributed by atoms with Crippen LogP contribution in [0.3, 0.4) is 0 Å². The molecule has 0 fully saturated rings. The third-order valence-corrected chi connectivity index (χ3v) is 6.75. The maximum Gasteiger partial charge on any atom is 0.126 e. The van der Waals surface area contributed by atoms with Gasteiger partial charge in [-0.3, -0.25) is 0 Å². The van der Waals surface area contributed by atoms with Gasteiger partial charge in [0.2, 0.25) is 0 Å². The van der Waals surface area contributed by atoms with Gasteiger partial charge in [0.1, 0.15) is 11.4 Å². The smallest absolute Gasteiger partial charge is 0.126 e. The second-order valence-corrected chi connectivity index (χ2v) is 10.4. The van der Waals surface area contributed by atoms with Crippen LogP contribution in [0.2, 0.25) is 0 Å². The van der Waals surface area contributed by atoms with Crippen LogP contribution >= 0.6 is 17.1 Å². The minimum absolute atomic E-state index is 0. The van der Waals surface area contributed by atoms with Crippen LogP contribution in [0.1, 0.15) is 25.0 Å². The summed E-state index contributed by atoms with van der Waals surface area (Å²) in [6.45, 7) is 4.11. The van der Waals surface area contributed by atoms with Gasteiger partial charge in [0.05, 0.1) is 0 Å². The van der Waals surface area contributed by atoms with E-state index in [1.807, 2.05) is 55.5 Å². The number of para-hydroxylation sites is 1. The van der Waals surface area contributed by atoms with Crippen LogP contribution in [0, 0.1) is 0 Å². The SMILES string of the molecule is CCc1ccccc1OP([O-])(=S)Sc1ccccc1CC.[Zn]. The van der Waals surface area contributed by atoms with Gasteiger partial charge in [0.15, 0.2) is 0 Å². The summed E-state index contributed by atoms with van der Waals surface area (Å²) >= 11 is 6.38. The van der Waals surface area contributed by atoms with Crippen molar-refractivity contribution in [3.05, 3.63) is 59.7 Å². The molecule has 0 aromatic heterocycles. The van der Waals surface area contributed by atoms with Crippen LogP contribution in [0.15, 0.2) is 53.4 Å². The first-order valence-corrected chi connectivity index (χ1v) is 11.0. The summed E-state index contributed by atoms with van der Waals surface area (Å²) in [5.74, 6) is 0.625. The predicted octanol–water partition coefficient (Wildman–Crippen LogP) is 4.56. The number of rotatable bonds is 6. The maximum atomic E-state index is 12.6. The van der Waals surface area contributed by atoms with Crippen molar-refractivity contribution in [2.75, 3.05) is 0 Å². The number of aryl methyl sites for hydroxylation is 2. The largest absolute Gasteiger partial charge is 0.783 e. The van der Waals surface area contributed by atoms with E-state index in [0.717, 1.165) is 40.2 Å². The average molecular weight is 403 g/mol. The molecular formula is C16H18O2PS2Zn-. The quantitative estimate of drug-likeness (QED) is 0.523. The third-order valence-electron chi connectivity index (χ3n) is 3.13. The Balaban J connectivity index is 0.00000242. The minimum atomic E-state index is -3.22. The fraction of sp³-hybridized carbons (Fsp3) is 0.250. The molecule has 0 amide bonds. The van der Waals surface area contributed by atoms with E-state index in [0.29, 0.717) is 5.75 Å². The standard InChI is InChI=1S/C16H19O2PS2.Zn/c1-3-13-9-5-7-11-15(13)18-19(17,20)21-16-12-8-6-10-14(16)4-2;/h5-12H,3-4H2,1-2H3,(H,17,20);/p-1. The molecule has 0 saturated heterocycles. The van der Waals surface area contributed by atoms with Gasteiger partial charge in [-0.15, -0.1) is 0 Å². The van der Waals surface area contributed by atoms with E-state index < -0.39 is 5.69 Å². The van der Waals surface area contributed by atoms with Gasteiger partial charge in [0.25, 0.3) is 0 Å². The number of benzene rings is 2. The monoisotopic (exact) mass is 401 g/mol. The summed E-state index contributed by atoms with van der Waals surface area (Å²) < 4.78 is 5.66. The number of hydrogen-bond acceptors (Lipinski definition) is 4. The molecule has 0 aliphatic carbocycles. The second kappa shape index (κ2) is 9.20. The van der Waals surface area contributed by atoms with E-state index in [1.165, 1.54) is 0 Å². The molecule has 0 heterocycles. The summed E-state index contributed by atoms with van der Waals surface area (Å²) in [6, 6.07) is 15.5. The van der Waals surface area contributed by atoms with Crippen molar-refractivity contribution in [2.45, 2.75) is 31.6 Å². The molecule has 2 nitrogen and oxygen atoms in total. The normalized spacial score (nSPS) is 13.0. The van der Waals surface area contributed by atoms with Crippen LogP contribution in [0.5, 0.6) is 5.75 Å². The van der Waals surface area contributed by atoms with Crippen molar-refractivity contribution in [1.82, 2.24) is 0 Å². The molecule has 2 aromatic rings. The van der Waals surface area contributed by atoms with Crippen molar-refractivity contribution in [1.29, 1.82) is 0 Å². The second-order valence-electron chi connectivity index (χ2n) is 4.55. The van der Waals surface area contributed by atoms with Crippen molar-refractivity contribution in [3.8, 4) is 5.75 Å². The van der Waals surface area contributed by atoms with Crippen LogP contribution < -0.4 is 9.42 Å². The molecule has 2 rings (SSSR count). The molecule has 0 N–H and O–H groups in total. The van der Waals surface area contributed by atoms with Crippen LogP contribution in [-0.4, -0.2) is 0 Å². The number of hydrogen-bond donors (Lipinski definition) is 0. The van der Waals surface area contributed by atoms with E-state index in [2.05, 4.69) is 6.92 Å². The van der Waals surface area contributed by atoms with Crippen molar-refractivity contribution in [2.24, 2.45) is 0 Å². The van der Waals surface area contributed by atoms with Gasteiger partial charge >= 0.3 is 0 Å². The zero-order valence-electron chi connectivity index (χ0n) is 12.8. The van der Waals surface area contributed by atoms with Crippen molar-refractivity contribution < 1.29 is 28.9 Å². The van der Waals surface area contributed by atoms with Crippen LogP contribution in [0.4, 0.5) is 0 Å². The molecule has 114 valence electrons. The first kappa shape index (κ1) is 19.9. The average Bonchev–Trinajstić information content (AvgIpc) is 2.47. The Labute approximate surface area is 154 Å². The van der Waals surface area contributed by atoms with Gasteiger partial charge in [-0.25, -0.2) is 0 Å². The molecule has 0 aliphatic rings. The maximum absolute atomic E-state index is 12.6. The topological polar surface area (TPSA) is 32.3 Å². The Morgan fingerprint density at radius 2 is 1.55 bits per heavy atom. The van der Waals surface area contributed by atoms with E-state index in [4.69, 9.17) is 16.3 Å². The molecule has 1 atom stereocenters. The van der Waals surface area contributed by atoms with E-state index in [9.17, 15) is 4.89 Å². The molecule has 0 saturated carbocycles. The molecule has 22 heavy (non-hydrogen) atoms. The van der Waals surface area contributed by atoms with Crippen molar-refractivity contribution >= 4 is 28.9 Å². The fourth-order valence-corrected chi connectivity index (χ4v) is 5.77. The first-order valence-electron chi connectivity index (χ1n) is 6.91. The predicted molar refractivity (Wildman–Crippen MR) is 92.4 cm³/mol. The Hall–Kier alpha value is -0.177. The van der Waals surface area contributed by atoms with Gasteiger partial charge in [-0.2, -0.15) is 0 Å². The third kappa shape index (κ3) is 5.47. The Kier molecular flexibility index (Phi) is 8.31. The molecular weight excluding hydrogens is 385 g/mol. The molecule has 0 radical (unpaired) electrons. The summed E-state index contributed by atoms with van der Waals surface area (Å²) in [7, 11) is 0. The van der Waals surface area contributed by atoms with E-state index in [-0.39, 0.29) is 19.5 Å². The Morgan fingerprint density at radius 3 is 2.18 bits per heavy atom. The van der Waals surface area contributed by atoms with E-state index in [1.54, 1.807) is 0 Å². The molecule has 2 aromatic carbocycles. The zero-order chi connectivity index (χ0) is 15.3. The summed E-state index contributed by atoms with van der Waals surface area (Å²) in [4.78, 5) is 13.6. The fourth-order valence-electron chi connectivity index (χ4n) is 2.03. The van der Waals surface area contributed by atoms with Gasteiger partial charge in [0, 0.05) is 24.4 Å². The van der Waals surface area contributed by atoms with Crippen LogP contribution in [0.25, 0.3) is 0 Å². The van der Waals surface area contributed by atoms with Gasteiger partial charge in [-0.1, -0.05) is 73.4 Å². The van der Waals surface area contributed by atoms with Gasteiger partial charge in [-0.05, 0) is 36.1 Å². The van der Waals surface area contributed by atoms with Crippen LogP contribution in [-0.2, 0) is 44.1 Å². The summed E-state index contributed by atoms with van der Waals surface area (Å²) in [5, 5.41) is 0. The van der Waals surface area contributed by atoms with Gasteiger partial charge < -0.3 is 9.42 Å². The minimum Gasteiger partial charge on any atom is -0.783 e. The zero-order valence-corrected chi connectivity index (χ0v) is 18.3. The first-order chi connectivity index (χ1) is 10.1. The summed E-state index contributed by atoms with van der Waals surface area (Å²) in [6.07, 6.45) is 1.70. The molecule has 6 heteroatoms. The van der Waals surface area contributed by atoms with E-state index >= 15 is 0 Å². The molecule has 0 spiro atoms. The van der Waals surface area contributed by atoms with Crippen molar-refractivity contribution in [3.63, 3.8) is 0 Å². The summed E-state index contributed by atoms with van der Waals surface area (Å²) in [5.41, 5.74) is -1.06.